The van der Waals surface area contributed by atoms with Crippen LogP contribution in [0.2, 0.25) is 0 Å². The topological polar surface area (TPSA) is 162 Å². The van der Waals surface area contributed by atoms with Crippen LogP contribution in [0.3, 0.4) is 0 Å². The summed E-state index contributed by atoms with van der Waals surface area (Å²) in [5.74, 6) is 0.0139. The average Bonchev–Trinajstić information content (AvgIpc) is 3.47. The van der Waals surface area contributed by atoms with Crippen LogP contribution in [0.1, 0.15) is 57.4 Å². The minimum absolute atomic E-state index is 0.0142. The first-order valence-electron chi connectivity index (χ1n) is 16.4. The summed E-state index contributed by atoms with van der Waals surface area (Å²) >= 11 is 0. The Morgan fingerprint density at radius 3 is 2.30 bits per heavy atom. The summed E-state index contributed by atoms with van der Waals surface area (Å²) in [6, 6.07) is 28.7. The van der Waals surface area contributed by atoms with Crippen LogP contribution in [-0.2, 0) is 13.1 Å². The van der Waals surface area contributed by atoms with E-state index in [1.165, 1.54) is 17.0 Å². The molecule has 11 heteroatoms. The number of imidazole rings is 1. The number of piperidine rings is 1. The maximum atomic E-state index is 14.3. The van der Waals surface area contributed by atoms with Crippen LogP contribution in [-0.4, -0.2) is 62.3 Å². The summed E-state index contributed by atoms with van der Waals surface area (Å²) in [4.78, 5) is 35.0. The van der Waals surface area contributed by atoms with Crippen LogP contribution >= 0.6 is 0 Å². The number of amides is 1. The van der Waals surface area contributed by atoms with E-state index in [-0.39, 0.29) is 29.6 Å². The van der Waals surface area contributed by atoms with E-state index in [4.69, 9.17) is 26.3 Å². The van der Waals surface area contributed by atoms with Crippen molar-refractivity contribution in [2.45, 2.75) is 39.0 Å². The summed E-state index contributed by atoms with van der Waals surface area (Å²) in [5.41, 5.74) is 9.29. The lowest BCUT2D eigenvalue weighted by atomic mass is 10.1. The molecule has 1 aliphatic rings. The third-order valence-corrected chi connectivity index (χ3v) is 8.84. The fraction of sp³-hybridized carbons (Fsp3) is 0.205. The number of carboxylic acids is 1. The minimum atomic E-state index is -1.20. The number of hydrogen-bond donors (Lipinski definition) is 4. The molecular weight excluding hydrogens is 630 g/mol. The normalized spacial score (nSPS) is 13.4. The van der Waals surface area contributed by atoms with Crippen molar-refractivity contribution >= 4 is 46.3 Å². The van der Waals surface area contributed by atoms with Gasteiger partial charge in [-0.2, -0.15) is 0 Å². The van der Waals surface area contributed by atoms with E-state index in [1.807, 2.05) is 70.1 Å². The number of hydrogen-bond acceptors (Lipinski definition) is 6. The molecule has 0 radical (unpaired) electrons. The molecule has 0 spiro atoms. The third kappa shape index (κ3) is 7.57. The monoisotopic (exact) mass is 669 g/mol. The lowest BCUT2D eigenvalue weighted by Gasteiger charge is -2.33. The maximum Gasteiger partial charge on any atom is 0.336 e. The van der Waals surface area contributed by atoms with Gasteiger partial charge in [-0.25, -0.2) is 9.78 Å². The van der Waals surface area contributed by atoms with Gasteiger partial charge in [0, 0.05) is 43.7 Å². The second-order valence-electron chi connectivity index (χ2n) is 12.2. The van der Waals surface area contributed by atoms with Crippen molar-refractivity contribution in [2.24, 2.45) is 5.73 Å². The third-order valence-electron chi connectivity index (χ3n) is 8.84. The number of fused-ring (bicyclic) bond motifs is 1. The Morgan fingerprint density at radius 1 is 0.960 bits per heavy atom. The van der Waals surface area contributed by atoms with Crippen LogP contribution in [0.25, 0.3) is 17.1 Å². The van der Waals surface area contributed by atoms with Crippen LogP contribution in [0.4, 0.5) is 5.69 Å². The van der Waals surface area contributed by atoms with Gasteiger partial charge in [-0.15, -0.1) is 0 Å². The second-order valence-corrected chi connectivity index (χ2v) is 12.2. The number of nitrogen functional groups attached to an aromatic ring is 1. The van der Waals surface area contributed by atoms with Gasteiger partial charge in [-0.3, -0.25) is 15.6 Å². The largest absolute Gasteiger partial charge is 0.490 e. The highest BCUT2D eigenvalue weighted by atomic mass is 16.5. The van der Waals surface area contributed by atoms with Crippen molar-refractivity contribution in [3.8, 4) is 5.75 Å². The number of likely N-dealkylation sites (tertiary alicyclic amines) is 1. The predicted molar refractivity (Wildman–Crippen MR) is 195 cm³/mol. The number of ether oxygens (including phenoxy) is 1. The highest BCUT2D eigenvalue weighted by Gasteiger charge is 2.26. The molecule has 5 aromatic rings. The number of carboxylic acid groups (broad SMARTS) is 1. The molecule has 254 valence electrons. The summed E-state index contributed by atoms with van der Waals surface area (Å²) < 4.78 is 8.27. The number of aromatic carboxylic acids is 1. The summed E-state index contributed by atoms with van der Waals surface area (Å²) in [7, 11) is 0. The first-order valence-corrected chi connectivity index (χ1v) is 16.4. The van der Waals surface area contributed by atoms with Gasteiger partial charge in [0.15, 0.2) is 0 Å². The van der Waals surface area contributed by atoms with E-state index in [0.29, 0.717) is 40.7 Å². The fourth-order valence-corrected chi connectivity index (χ4v) is 6.16. The Hall–Kier alpha value is -6.23. The van der Waals surface area contributed by atoms with Crippen LogP contribution in [0, 0.1) is 10.8 Å². The van der Waals surface area contributed by atoms with Crippen molar-refractivity contribution in [1.29, 1.82) is 10.8 Å². The molecular formula is C39H39N7O4. The van der Waals surface area contributed by atoms with Crippen LogP contribution in [0.15, 0.2) is 103 Å². The molecule has 11 nitrogen and oxygen atoms in total. The molecule has 6 rings (SSSR count). The Kier molecular flexibility index (Phi) is 10.0. The number of benzene rings is 4. The molecule has 5 N–H and O–H groups in total. The van der Waals surface area contributed by atoms with E-state index < -0.39 is 11.9 Å². The number of carbonyl (C=O) groups is 2. The molecule has 1 aliphatic heterocycles. The smallest absolute Gasteiger partial charge is 0.336 e. The van der Waals surface area contributed by atoms with Gasteiger partial charge in [-0.05, 0) is 67.1 Å². The fourth-order valence-electron chi connectivity index (χ4n) is 6.16. The van der Waals surface area contributed by atoms with E-state index in [0.717, 1.165) is 37.0 Å². The summed E-state index contributed by atoms with van der Waals surface area (Å²) in [6.07, 6.45) is 5.65. The number of carbonyl (C=O) groups excluding carboxylic acids is 1. The van der Waals surface area contributed by atoms with Gasteiger partial charge in [0.05, 0.1) is 34.5 Å². The quantitative estimate of drug-likeness (QED) is 0.0932. The number of allylic oxidation sites excluding steroid dienone is 1. The van der Waals surface area contributed by atoms with Gasteiger partial charge < -0.3 is 29.9 Å². The molecule has 1 aromatic heterocycles. The van der Waals surface area contributed by atoms with Gasteiger partial charge in [0.2, 0.25) is 0 Å². The Labute approximate surface area is 290 Å². The molecule has 0 aliphatic carbocycles. The van der Waals surface area contributed by atoms with E-state index in [2.05, 4.69) is 0 Å². The summed E-state index contributed by atoms with van der Waals surface area (Å²) in [5, 5.41) is 25.8. The lowest BCUT2D eigenvalue weighted by Crippen LogP contribution is -2.40. The second kappa shape index (κ2) is 14.9. The summed E-state index contributed by atoms with van der Waals surface area (Å²) in [6.45, 7) is 3.79. The van der Waals surface area contributed by atoms with Crippen molar-refractivity contribution in [1.82, 2.24) is 14.5 Å². The van der Waals surface area contributed by atoms with Crippen molar-refractivity contribution < 1.29 is 19.4 Å². The first kappa shape index (κ1) is 33.7. The highest BCUT2D eigenvalue weighted by Crippen LogP contribution is 2.28. The Bertz CT molecular complexity index is 2060. The molecule has 0 unspecified atom stereocenters. The predicted octanol–water partition coefficient (Wildman–Crippen LogP) is 6.42. The van der Waals surface area contributed by atoms with Gasteiger partial charge in [0.1, 0.15) is 23.5 Å². The van der Waals surface area contributed by atoms with Crippen molar-refractivity contribution in [3.63, 3.8) is 0 Å². The zero-order valence-corrected chi connectivity index (χ0v) is 27.8. The number of nitrogens with zero attached hydrogens (tertiary/aromatic N) is 4. The molecule has 1 amide bonds. The molecule has 1 saturated heterocycles. The van der Waals surface area contributed by atoms with Gasteiger partial charge in [0.25, 0.3) is 5.91 Å². The van der Waals surface area contributed by atoms with Crippen LogP contribution in [0.5, 0.6) is 5.75 Å². The van der Waals surface area contributed by atoms with Crippen LogP contribution < -0.4 is 15.4 Å². The Balaban J connectivity index is 1.36. The minimum Gasteiger partial charge on any atom is -0.490 e. The lowest BCUT2D eigenvalue weighted by molar-refractivity contribution is 0.0692. The molecule has 50 heavy (non-hydrogen) atoms. The highest BCUT2D eigenvalue weighted by molar-refractivity contribution is 6.12. The van der Waals surface area contributed by atoms with Crippen molar-refractivity contribution in [3.05, 3.63) is 131 Å². The maximum absolute atomic E-state index is 14.3. The zero-order chi connectivity index (χ0) is 35.2. The first-order chi connectivity index (χ1) is 24.2. The van der Waals surface area contributed by atoms with E-state index >= 15 is 0 Å². The number of aromatic nitrogens is 2. The Morgan fingerprint density at radius 2 is 1.64 bits per heavy atom. The molecule has 4 aromatic carbocycles. The van der Waals surface area contributed by atoms with E-state index in [1.54, 1.807) is 43.3 Å². The van der Waals surface area contributed by atoms with Gasteiger partial charge >= 0.3 is 5.97 Å². The average molecular weight is 670 g/mol. The number of anilines is 1. The number of nitrogens with one attached hydrogen (secondary N) is 2. The number of nitrogens with two attached hydrogens (primary N) is 1. The van der Waals surface area contributed by atoms with E-state index in [9.17, 15) is 14.7 Å². The van der Waals surface area contributed by atoms with Gasteiger partial charge in [-0.1, -0.05) is 54.6 Å². The van der Waals surface area contributed by atoms with Crippen molar-refractivity contribution in [2.75, 3.05) is 18.0 Å². The molecule has 0 bridgehead atoms. The SMILES string of the molecule is CC(=N)N1CCC(Oc2ccc(N(Cc3nc4cc(C(=N)N)ccc4n3C/C=C/c3ccccc3)C(=O)c3ccccc3C(=O)O)cc2)CC1. The zero-order valence-electron chi connectivity index (χ0n) is 27.8. The number of rotatable bonds is 11. The number of amidine groups is 2. The standard InChI is InChI=1S/C39H39N7O4/c1-26(40)44-22-19-31(20-23-44)50-30-16-14-29(15-17-30)46(38(47)32-11-5-6-12-33(32)39(48)49)25-36-43-34-24-28(37(41)42)13-18-35(34)45(36)21-7-10-27-8-3-2-4-9-27/h2-18,24,31,40H,19-23,25H2,1H3,(H3,41,42)(H,48,49)/b10-7+,40-26?. The molecule has 1 fully saturated rings. The molecule has 2 heterocycles. The molecule has 0 saturated carbocycles. The molecule has 0 atom stereocenters.